The van der Waals surface area contributed by atoms with Crippen LogP contribution in [0.15, 0.2) is 178 Å². The number of rotatable bonds is 9. The molecule has 0 bridgehead atoms. The fourth-order valence-electron chi connectivity index (χ4n) is 5.95. The molecule has 0 radical (unpaired) electrons. The van der Waals surface area contributed by atoms with Crippen molar-refractivity contribution < 1.29 is 0 Å². The van der Waals surface area contributed by atoms with E-state index in [9.17, 15) is 0 Å². The van der Waals surface area contributed by atoms with Gasteiger partial charge in [-0.05, 0) is 72.8 Å². The Labute approximate surface area is 285 Å². The molecular weight excluding hydrogens is 605 g/mol. The zero-order chi connectivity index (χ0) is 32.9. The van der Waals surface area contributed by atoms with E-state index in [-0.39, 0.29) is 0 Å². The van der Waals surface area contributed by atoms with Gasteiger partial charge in [-0.3, -0.25) is 4.99 Å². The van der Waals surface area contributed by atoms with E-state index in [1.165, 1.54) is 5.56 Å². The number of hydrogen-bond donors (Lipinski definition) is 0. The van der Waals surface area contributed by atoms with Crippen LogP contribution >= 0.6 is 11.8 Å². The van der Waals surface area contributed by atoms with Gasteiger partial charge >= 0.3 is 0 Å². The number of benzene rings is 6. The van der Waals surface area contributed by atoms with Crippen molar-refractivity contribution in [2.75, 3.05) is 0 Å². The molecule has 0 aliphatic carbocycles. The summed E-state index contributed by atoms with van der Waals surface area (Å²) in [5.74, 6) is 1.47. The van der Waals surface area contributed by atoms with Gasteiger partial charge in [-0.25, -0.2) is 9.98 Å². The molecule has 4 nitrogen and oxygen atoms in total. The van der Waals surface area contributed by atoms with Gasteiger partial charge in [0.25, 0.3) is 0 Å². The van der Waals surface area contributed by atoms with Crippen LogP contribution in [0, 0.1) is 0 Å². The molecule has 0 fully saturated rings. The summed E-state index contributed by atoms with van der Waals surface area (Å²) in [5, 5.41) is 2.25. The highest BCUT2D eigenvalue weighted by Gasteiger charge is 2.18. The molecule has 7 aromatic rings. The Morgan fingerprint density at radius 3 is 1.94 bits per heavy atom. The van der Waals surface area contributed by atoms with E-state index >= 15 is 0 Å². The first-order valence-electron chi connectivity index (χ1n) is 15.8. The van der Waals surface area contributed by atoms with Crippen LogP contribution in [0.5, 0.6) is 0 Å². The average Bonchev–Trinajstić information content (AvgIpc) is 3.49. The Bertz CT molecular complexity index is 2300. The smallest absolute Gasteiger partial charge is 0.160 e. The van der Waals surface area contributed by atoms with Crippen LogP contribution in [0.4, 0.5) is 5.69 Å². The molecule has 0 aliphatic rings. The number of amidine groups is 1. The van der Waals surface area contributed by atoms with Crippen LogP contribution in [0.3, 0.4) is 0 Å². The fraction of sp³-hybridized carbons (Fsp3) is 0.0465. The quantitative estimate of drug-likeness (QED) is 0.0881. The van der Waals surface area contributed by atoms with E-state index in [1.807, 2.05) is 61.5 Å². The maximum atomic E-state index is 5.02. The number of fused-ring (bicyclic) bond motifs is 3. The second-order valence-electron chi connectivity index (χ2n) is 11.4. The first kappa shape index (κ1) is 30.9. The third-order valence-electron chi connectivity index (χ3n) is 8.37. The summed E-state index contributed by atoms with van der Waals surface area (Å²) in [6.07, 6.45) is 0. The average molecular weight is 639 g/mol. The largest absolute Gasteiger partial charge is 0.309 e. The lowest BCUT2D eigenvalue weighted by Crippen LogP contribution is -2.05. The van der Waals surface area contributed by atoms with Gasteiger partial charge in [-0.1, -0.05) is 116 Å². The minimum absolute atomic E-state index is 0.609. The fourth-order valence-corrected chi connectivity index (χ4v) is 6.93. The molecule has 1 heterocycles. The van der Waals surface area contributed by atoms with E-state index < -0.39 is 0 Å². The minimum Gasteiger partial charge on any atom is -0.309 e. The monoisotopic (exact) mass is 638 g/mol. The molecule has 232 valence electrons. The Morgan fingerprint density at radius 2 is 1.25 bits per heavy atom. The van der Waals surface area contributed by atoms with Gasteiger partial charge in [-0.2, -0.15) is 0 Å². The highest BCUT2D eigenvalue weighted by Crippen LogP contribution is 2.43. The molecule has 0 unspecified atom stereocenters. The minimum atomic E-state index is 0.609. The van der Waals surface area contributed by atoms with Crippen molar-refractivity contribution in [3.8, 4) is 5.69 Å². The third kappa shape index (κ3) is 6.28. The second kappa shape index (κ2) is 13.9. The molecule has 6 aromatic carbocycles. The van der Waals surface area contributed by atoms with E-state index in [0.717, 1.165) is 66.2 Å². The Kier molecular flexibility index (Phi) is 8.94. The number of aliphatic imine (C=N–C) groups is 3. The molecule has 0 N–H and O–H groups in total. The highest BCUT2D eigenvalue weighted by molar-refractivity contribution is 7.98. The first-order chi connectivity index (χ1) is 23.6. The van der Waals surface area contributed by atoms with E-state index in [0.29, 0.717) is 11.5 Å². The normalized spacial score (nSPS) is 12.0. The lowest BCUT2D eigenvalue weighted by Gasteiger charge is -2.12. The molecule has 0 spiro atoms. The molecule has 0 amide bonds. The number of aromatic nitrogens is 1. The van der Waals surface area contributed by atoms with Crippen molar-refractivity contribution in [3.05, 3.63) is 180 Å². The van der Waals surface area contributed by atoms with Gasteiger partial charge in [0.2, 0.25) is 0 Å². The van der Waals surface area contributed by atoms with Crippen LogP contribution < -0.4 is 0 Å². The standard InChI is InChI=1S/C43H34N4S/c1-30(33-17-9-5-10-18-33)45-43(46-31(2)34-19-11-6-12-20-34)35-23-25-36(26-24-35)47-38-22-14-13-21-37(38)41-39(47)27-28-40(42(41)44-3)48-29-32-15-7-4-8-16-32/h4-28H,1,3,29H2,2H3. The number of hydrogen-bond acceptors (Lipinski definition) is 3. The summed E-state index contributed by atoms with van der Waals surface area (Å²) in [6.45, 7) is 10.3. The first-order valence-corrected chi connectivity index (χ1v) is 16.8. The molecule has 48 heavy (non-hydrogen) atoms. The van der Waals surface area contributed by atoms with E-state index in [4.69, 9.17) is 9.98 Å². The molecule has 0 saturated carbocycles. The topological polar surface area (TPSA) is 42.0 Å². The van der Waals surface area contributed by atoms with Crippen molar-refractivity contribution in [2.45, 2.75) is 17.6 Å². The Hall–Kier alpha value is -5.78. The number of thioether (sulfide) groups is 1. The van der Waals surface area contributed by atoms with Crippen molar-refractivity contribution >= 4 is 63.2 Å². The molecule has 0 atom stereocenters. The summed E-state index contributed by atoms with van der Waals surface area (Å²) in [4.78, 5) is 15.7. The zero-order valence-corrected chi connectivity index (χ0v) is 27.6. The van der Waals surface area contributed by atoms with Crippen LogP contribution in [0.1, 0.15) is 29.2 Å². The van der Waals surface area contributed by atoms with Crippen LogP contribution in [0.2, 0.25) is 0 Å². The summed E-state index contributed by atoms with van der Waals surface area (Å²) in [5.41, 5.74) is 9.87. The van der Waals surface area contributed by atoms with Gasteiger partial charge < -0.3 is 4.57 Å². The summed E-state index contributed by atoms with van der Waals surface area (Å²) < 4.78 is 2.30. The molecule has 7 rings (SSSR count). The second-order valence-corrected chi connectivity index (χ2v) is 12.5. The summed E-state index contributed by atoms with van der Waals surface area (Å²) in [7, 11) is 0. The molecule has 0 aliphatic heterocycles. The predicted molar refractivity (Wildman–Crippen MR) is 207 cm³/mol. The van der Waals surface area contributed by atoms with Crippen LogP contribution in [0.25, 0.3) is 33.2 Å². The Balaban J connectivity index is 1.30. The summed E-state index contributed by atoms with van der Waals surface area (Å²) in [6, 6.07) is 52.0. The number of para-hydroxylation sites is 1. The molecular formula is C43H34N4S. The highest BCUT2D eigenvalue weighted by atomic mass is 32.2. The van der Waals surface area contributed by atoms with Crippen LogP contribution in [-0.4, -0.2) is 22.8 Å². The summed E-state index contributed by atoms with van der Waals surface area (Å²) >= 11 is 1.79. The maximum absolute atomic E-state index is 5.02. The third-order valence-corrected chi connectivity index (χ3v) is 9.48. The van der Waals surface area contributed by atoms with E-state index in [2.05, 4.69) is 120 Å². The van der Waals surface area contributed by atoms with Gasteiger partial charge in [-0.15, -0.1) is 11.8 Å². The SMILES string of the molecule is C=Nc1c(SCc2ccccc2)ccc2c1c1ccccc1n2-c1ccc(C(N=C(C)c2ccccc2)=NC(=C)c2ccccc2)cc1. The lowest BCUT2D eigenvalue weighted by atomic mass is 10.1. The molecule has 5 heteroatoms. The molecule has 0 saturated heterocycles. The maximum Gasteiger partial charge on any atom is 0.160 e. The van der Waals surface area contributed by atoms with Crippen LogP contribution in [-0.2, 0) is 5.75 Å². The Morgan fingerprint density at radius 1 is 0.625 bits per heavy atom. The number of nitrogens with zero attached hydrogens (tertiary/aromatic N) is 4. The van der Waals surface area contributed by atoms with Gasteiger partial charge in [0, 0.05) is 38.4 Å². The zero-order valence-electron chi connectivity index (χ0n) is 26.8. The van der Waals surface area contributed by atoms with Gasteiger partial charge in [0.15, 0.2) is 5.84 Å². The lowest BCUT2D eigenvalue weighted by molar-refractivity contribution is 1.18. The molecule has 1 aromatic heterocycles. The van der Waals surface area contributed by atoms with Gasteiger partial charge in [0.1, 0.15) is 0 Å². The van der Waals surface area contributed by atoms with Crippen molar-refractivity contribution in [2.24, 2.45) is 15.0 Å². The van der Waals surface area contributed by atoms with Gasteiger partial charge in [0.05, 0.1) is 22.4 Å². The van der Waals surface area contributed by atoms with E-state index in [1.54, 1.807) is 11.8 Å². The van der Waals surface area contributed by atoms with Crippen molar-refractivity contribution in [1.82, 2.24) is 4.57 Å². The van der Waals surface area contributed by atoms with Crippen molar-refractivity contribution in [3.63, 3.8) is 0 Å². The predicted octanol–water partition coefficient (Wildman–Crippen LogP) is 11.3. The van der Waals surface area contributed by atoms with Crippen molar-refractivity contribution in [1.29, 1.82) is 0 Å².